The van der Waals surface area contributed by atoms with E-state index in [1.807, 2.05) is 0 Å². The molecule has 2 heterocycles. The van der Waals surface area contributed by atoms with E-state index in [1.54, 1.807) is 55.7 Å². The normalized spacial score (nSPS) is 11.3. The fraction of sp³-hybridized carbons (Fsp3) is 0.269. The van der Waals surface area contributed by atoms with E-state index in [0.717, 1.165) is 0 Å². The maximum absolute atomic E-state index is 12.9. The van der Waals surface area contributed by atoms with Gasteiger partial charge in [-0.3, -0.25) is 14.5 Å². The molecule has 0 saturated heterocycles. The molecule has 4 rings (SSSR count). The summed E-state index contributed by atoms with van der Waals surface area (Å²) in [4.78, 5) is 17.2. The first-order chi connectivity index (χ1) is 18.7. The Bertz CT molecular complexity index is 1440. The number of benzene rings is 2. The molecule has 2 aromatic carbocycles. The summed E-state index contributed by atoms with van der Waals surface area (Å²) in [6, 6.07) is 11.7. The van der Waals surface area contributed by atoms with Crippen LogP contribution in [0.4, 0.5) is 18.9 Å². The van der Waals surface area contributed by atoms with Gasteiger partial charge in [0, 0.05) is 29.9 Å². The van der Waals surface area contributed by atoms with Gasteiger partial charge in [0.1, 0.15) is 11.5 Å². The molecule has 2 aromatic heterocycles. The number of pyridine rings is 1. The molecular formula is C26H26F3N5O5. The summed E-state index contributed by atoms with van der Waals surface area (Å²) in [6.07, 6.45) is -1.70. The Balaban J connectivity index is 1.50. The van der Waals surface area contributed by atoms with Crippen molar-refractivity contribution in [3.63, 3.8) is 0 Å². The Morgan fingerprint density at radius 3 is 2.38 bits per heavy atom. The number of halogens is 3. The SMILES string of the molecule is CNCCn1cc(OCC(F)(F)F)c(C(=O)Nc2ccc(Oc3ccnc4cc(OC)c(OC)cc34)cc2)n1. The second kappa shape index (κ2) is 11.9. The van der Waals surface area contributed by atoms with Crippen LogP contribution >= 0.6 is 0 Å². The molecule has 0 aliphatic rings. The van der Waals surface area contributed by atoms with Gasteiger partial charge in [-0.15, -0.1) is 0 Å². The zero-order chi connectivity index (χ0) is 28.0. The van der Waals surface area contributed by atoms with Gasteiger partial charge in [-0.05, 0) is 43.4 Å². The number of carbonyl (C=O) groups is 1. The van der Waals surface area contributed by atoms with E-state index < -0.39 is 18.7 Å². The van der Waals surface area contributed by atoms with Crippen molar-refractivity contribution in [2.24, 2.45) is 0 Å². The molecule has 4 aromatic rings. The molecule has 206 valence electrons. The van der Waals surface area contributed by atoms with E-state index in [2.05, 4.69) is 20.7 Å². The van der Waals surface area contributed by atoms with E-state index in [0.29, 0.717) is 52.7 Å². The maximum atomic E-state index is 12.9. The second-order valence-electron chi connectivity index (χ2n) is 8.23. The van der Waals surface area contributed by atoms with E-state index in [1.165, 1.54) is 25.1 Å². The van der Waals surface area contributed by atoms with E-state index in [-0.39, 0.29) is 11.4 Å². The smallest absolute Gasteiger partial charge is 0.422 e. The minimum Gasteiger partial charge on any atom is -0.493 e. The van der Waals surface area contributed by atoms with Crippen LogP contribution in [0, 0.1) is 0 Å². The second-order valence-corrected chi connectivity index (χ2v) is 8.23. The molecule has 2 N–H and O–H groups in total. The number of nitrogens with zero attached hydrogens (tertiary/aromatic N) is 3. The van der Waals surface area contributed by atoms with Gasteiger partial charge < -0.3 is 29.6 Å². The molecular weight excluding hydrogens is 519 g/mol. The van der Waals surface area contributed by atoms with Crippen molar-refractivity contribution in [2.75, 3.05) is 39.7 Å². The summed E-state index contributed by atoms with van der Waals surface area (Å²) in [5.41, 5.74) is 0.764. The number of anilines is 1. The molecule has 0 fully saturated rings. The fourth-order valence-corrected chi connectivity index (χ4v) is 3.63. The highest BCUT2D eigenvalue weighted by Crippen LogP contribution is 2.37. The molecule has 39 heavy (non-hydrogen) atoms. The molecule has 1 amide bonds. The topological polar surface area (TPSA) is 109 Å². The first kappa shape index (κ1) is 27.5. The predicted molar refractivity (Wildman–Crippen MR) is 137 cm³/mol. The zero-order valence-corrected chi connectivity index (χ0v) is 21.3. The largest absolute Gasteiger partial charge is 0.493 e. The maximum Gasteiger partial charge on any atom is 0.422 e. The highest BCUT2D eigenvalue weighted by molar-refractivity contribution is 6.04. The van der Waals surface area contributed by atoms with E-state index >= 15 is 0 Å². The summed E-state index contributed by atoms with van der Waals surface area (Å²) in [5, 5.41) is 10.3. The Kier molecular flexibility index (Phi) is 8.39. The van der Waals surface area contributed by atoms with Crippen LogP contribution in [0.15, 0.2) is 54.9 Å². The third-order valence-electron chi connectivity index (χ3n) is 5.47. The highest BCUT2D eigenvalue weighted by Gasteiger charge is 2.30. The Morgan fingerprint density at radius 1 is 1.00 bits per heavy atom. The number of fused-ring (bicyclic) bond motifs is 1. The number of ether oxygens (including phenoxy) is 4. The number of rotatable bonds is 11. The molecule has 0 atom stereocenters. The van der Waals surface area contributed by atoms with Crippen molar-refractivity contribution in [2.45, 2.75) is 12.7 Å². The van der Waals surface area contributed by atoms with Crippen LogP contribution in [0.25, 0.3) is 10.9 Å². The summed E-state index contributed by atoms with van der Waals surface area (Å²) < 4.78 is 61.0. The Morgan fingerprint density at radius 2 is 1.72 bits per heavy atom. The first-order valence-corrected chi connectivity index (χ1v) is 11.7. The van der Waals surface area contributed by atoms with Gasteiger partial charge in [0.05, 0.1) is 32.5 Å². The number of hydrogen-bond acceptors (Lipinski definition) is 8. The lowest BCUT2D eigenvalue weighted by Crippen LogP contribution is -2.21. The number of hydrogen-bond donors (Lipinski definition) is 2. The molecule has 10 nitrogen and oxygen atoms in total. The molecule has 13 heteroatoms. The van der Waals surface area contributed by atoms with Crippen LogP contribution in [-0.4, -0.2) is 61.3 Å². The fourth-order valence-electron chi connectivity index (χ4n) is 3.63. The standard InChI is InChI=1S/C26H26F3N5O5/c1-30-10-11-34-14-23(38-15-26(27,28)29)24(33-34)25(35)32-16-4-6-17(7-5-16)39-20-8-9-31-19-13-22(37-3)21(36-2)12-18(19)20/h4-9,12-14,30H,10-11,15H2,1-3H3,(H,32,35). The average Bonchev–Trinajstić information content (AvgIpc) is 3.34. The molecule has 0 aliphatic heterocycles. The van der Waals surface area contributed by atoms with E-state index in [4.69, 9.17) is 18.9 Å². The highest BCUT2D eigenvalue weighted by atomic mass is 19.4. The van der Waals surface area contributed by atoms with Gasteiger partial charge in [-0.1, -0.05) is 0 Å². The van der Waals surface area contributed by atoms with Crippen LogP contribution in [0.3, 0.4) is 0 Å². The number of nitrogens with one attached hydrogen (secondary N) is 2. The predicted octanol–water partition coefficient (Wildman–Crippen LogP) is 4.65. The lowest BCUT2D eigenvalue weighted by atomic mass is 10.2. The van der Waals surface area contributed by atoms with Gasteiger partial charge >= 0.3 is 6.18 Å². The van der Waals surface area contributed by atoms with Crippen molar-refractivity contribution >= 4 is 22.5 Å². The summed E-state index contributed by atoms with van der Waals surface area (Å²) in [5.74, 6) is 1.07. The third-order valence-corrected chi connectivity index (χ3v) is 5.47. The number of likely N-dealkylation sites (N-methyl/N-ethyl adjacent to an activating group) is 1. The van der Waals surface area contributed by atoms with Crippen LogP contribution < -0.4 is 29.6 Å². The van der Waals surface area contributed by atoms with Crippen molar-refractivity contribution in [1.82, 2.24) is 20.1 Å². The first-order valence-electron chi connectivity index (χ1n) is 11.7. The average molecular weight is 546 g/mol. The molecule has 0 bridgehead atoms. The molecule has 0 saturated carbocycles. The minimum atomic E-state index is -4.56. The van der Waals surface area contributed by atoms with Gasteiger partial charge in [0.15, 0.2) is 29.5 Å². The number of alkyl halides is 3. The molecule has 0 aliphatic carbocycles. The van der Waals surface area contributed by atoms with Crippen LogP contribution in [0.1, 0.15) is 10.5 Å². The summed E-state index contributed by atoms with van der Waals surface area (Å²) in [6.45, 7) is -0.712. The molecule has 0 radical (unpaired) electrons. The van der Waals surface area contributed by atoms with Gasteiger partial charge in [0.25, 0.3) is 5.91 Å². The quantitative estimate of drug-likeness (QED) is 0.280. The lowest BCUT2D eigenvalue weighted by Gasteiger charge is -2.13. The Labute approximate surface area is 221 Å². The van der Waals surface area contributed by atoms with Crippen LogP contribution in [-0.2, 0) is 6.54 Å². The van der Waals surface area contributed by atoms with Gasteiger partial charge in [0.2, 0.25) is 0 Å². The van der Waals surface area contributed by atoms with Crippen LogP contribution in [0.2, 0.25) is 0 Å². The van der Waals surface area contributed by atoms with Crippen molar-refractivity contribution < 1.29 is 36.9 Å². The third kappa shape index (κ3) is 6.87. The summed E-state index contributed by atoms with van der Waals surface area (Å²) in [7, 11) is 4.79. The molecule has 0 unspecified atom stereocenters. The lowest BCUT2D eigenvalue weighted by molar-refractivity contribution is -0.153. The number of carbonyl (C=O) groups excluding carboxylic acids is 1. The molecule has 0 spiro atoms. The zero-order valence-electron chi connectivity index (χ0n) is 21.3. The van der Waals surface area contributed by atoms with Gasteiger partial charge in [-0.25, -0.2) is 0 Å². The summed E-state index contributed by atoms with van der Waals surface area (Å²) >= 11 is 0. The van der Waals surface area contributed by atoms with Crippen molar-refractivity contribution in [3.8, 4) is 28.7 Å². The van der Waals surface area contributed by atoms with Crippen molar-refractivity contribution in [1.29, 1.82) is 0 Å². The van der Waals surface area contributed by atoms with Crippen LogP contribution in [0.5, 0.6) is 28.7 Å². The monoisotopic (exact) mass is 545 g/mol. The number of aromatic nitrogens is 3. The van der Waals surface area contributed by atoms with E-state index in [9.17, 15) is 18.0 Å². The van der Waals surface area contributed by atoms with Gasteiger partial charge in [-0.2, -0.15) is 18.3 Å². The van der Waals surface area contributed by atoms with Crippen molar-refractivity contribution in [3.05, 3.63) is 60.6 Å². The number of methoxy groups -OCH3 is 2. The number of amides is 1. The minimum absolute atomic E-state index is 0.261. The Hall–Kier alpha value is -4.52.